The molecule has 0 aliphatic rings. The first-order valence-corrected chi connectivity index (χ1v) is 6.37. The summed E-state index contributed by atoms with van der Waals surface area (Å²) in [6.45, 7) is 2.54. The zero-order valence-electron chi connectivity index (χ0n) is 4.92. The van der Waals surface area contributed by atoms with Gasteiger partial charge in [-0.25, -0.2) is 0 Å². The topological polar surface area (TPSA) is 49.7 Å². The van der Waals surface area contributed by atoms with Crippen molar-refractivity contribution >= 4 is 21.0 Å². The van der Waals surface area contributed by atoms with E-state index in [9.17, 15) is 0 Å². The van der Waals surface area contributed by atoms with E-state index in [0.717, 1.165) is 12.8 Å². The molecular weight excluding hydrogens is 215 g/mol. The van der Waals surface area contributed by atoms with E-state index in [-0.39, 0.29) is 0 Å². The predicted octanol–water partition coefficient (Wildman–Crippen LogP) is -0.227. The molecule has 0 aromatic rings. The number of unbranched alkanes of at least 4 members (excludes halogenated alkanes) is 1. The Balaban J connectivity index is 2.72. The fourth-order valence-corrected chi connectivity index (χ4v) is 1.24. The van der Waals surface area contributed by atoms with Crippen molar-refractivity contribution in [1.29, 1.82) is 0 Å². The number of hydrogen-bond donors (Lipinski definition) is 2. The van der Waals surface area contributed by atoms with Crippen LogP contribution in [0.3, 0.4) is 0 Å². The zero-order chi connectivity index (χ0) is 6.41. The van der Waals surface area contributed by atoms with Crippen molar-refractivity contribution in [2.24, 2.45) is 0 Å². The summed E-state index contributed by atoms with van der Waals surface area (Å²) in [7, 11) is 0. The summed E-state index contributed by atoms with van der Waals surface area (Å²) in [4.78, 5) is 0. The van der Waals surface area contributed by atoms with Crippen LogP contribution in [0.4, 0.5) is 0 Å². The van der Waals surface area contributed by atoms with Crippen LogP contribution in [-0.2, 0) is 3.07 Å². The standard InChI is InChI=1S/C4H9O.2H2O.Sn/c1-2-3-4-5;;;/h2-4H2,1H3;2*1H2;/q-1;;;+3/p-2. The molecule has 1 radical (unpaired) electrons. The molecule has 0 atom stereocenters. The van der Waals surface area contributed by atoms with E-state index in [2.05, 4.69) is 3.07 Å². The average molecular weight is 226 g/mol. The van der Waals surface area contributed by atoms with E-state index >= 15 is 0 Å². The monoisotopic (exact) mass is 227 g/mol. The normalized spacial score (nSPS) is 10.5. The molecule has 0 aliphatic heterocycles. The minimum atomic E-state index is -3.16. The first-order chi connectivity index (χ1) is 3.77. The average Bonchev–Trinajstić information content (AvgIpc) is 1.66. The second-order valence-corrected chi connectivity index (χ2v) is 3.92. The summed E-state index contributed by atoms with van der Waals surface area (Å²) in [5.41, 5.74) is 0. The molecule has 0 unspecified atom stereocenters. The van der Waals surface area contributed by atoms with E-state index in [1.165, 1.54) is 0 Å². The van der Waals surface area contributed by atoms with Crippen molar-refractivity contribution in [3.63, 3.8) is 0 Å². The molecule has 0 spiro atoms. The predicted molar refractivity (Wildman–Crippen MR) is 31.1 cm³/mol. The minimum absolute atomic E-state index is 0.512. The molecule has 0 aliphatic carbocycles. The first kappa shape index (κ1) is 8.68. The molecule has 0 saturated carbocycles. The quantitative estimate of drug-likeness (QED) is 0.514. The molecular formula is C4H11O3Sn. The van der Waals surface area contributed by atoms with Gasteiger partial charge < -0.3 is 0 Å². The second-order valence-electron chi connectivity index (χ2n) is 1.48. The molecule has 0 fully saturated rings. The van der Waals surface area contributed by atoms with Crippen LogP contribution in [0.1, 0.15) is 19.8 Å². The summed E-state index contributed by atoms with van der Waals surface area (Å²) < 4.78 is 21.2. The van der Waals surface area contributed by atoms with Gasteiger partial charge in [0.05, 0.1) is 0 Å². The fourth-order valence-electron chi connectivity index (χ4n) is 0.308. The zero-order valence-corrected chi connectivity index (χ0v) is 7.78. The van der Waals surface area contributed by atoms with Crippen molar-refractivity contribution in [1.82, 2.24) is 0 Å². The molecule has 0 amide bonds. The molecule has 2 N–H and O–H groups in total. The van der Waals surface area contributed by atoms with Crippen LogP contribution >= 0.6 is 0 Å². The first-order valence-electron chi connectivity index (χ1n) is 2.65. The summed E-state index contributed by atoms with van der Waals surface area (Å²) >= 11 is -3.16. The Bertz CT molecular complexity index is 48.5. The van der Waals surface area contributed by atoms with Crippen molar-refractivity contribution < 1.29 is 9.96 Å². The second kappa shape index (κ2) is 5.81. The third-order valence-corrected chi connectivity index (χ3v) is 2.05. The van der Waals surface area contributed by atoms with E-state index in [0.29, 0.717) is 6.61 Å². The van der Waals surface area contributed by atoms with Crippen LogP contribution in [0.25, 0.3) is 0 Å². The Kier molecular flexibility index (Phi) is 6.30. The Morgan fingerprint density at radius 2 is 2.12 bits per heavy atom. The van der Waals surface area contributed by atoms with Crippen LogP contribution in [0.2, 0.25) is 0 Å². The molecule has 0 saturated heterocycles. The van der Waals surface area contributed by atoms with Crippen LogP contribution in [-0.4, -0.2) is 34.5 Å². The van der Waals surface area contributed by atoms with Gasteiger partial charge in [0, 0.05) is 0 Å². The molecule has 8 heavy (non-hydrogen) atoms. The van der Waals surface area contributed by atoms with Crippen LogP contribution in [0.5, 0.6) is 0 Å². The third kappa shape index (κ3) is 6.68. The van der Waals surface area contributed by atoms with Gasteiger partial charge in [0.1, 0.15) is 0 Å². The fraction of sp³-hybridized carbons (Fsp3) is 1.00. The van der Waals surface area contributed by atoms with Crippen molar-refractivity contribution in [2.75, 3.05) is 6.61 Å². The third-order valence-electron chi connectivity index (χ3n) is 0.729. The van der Waals surface area contributed by atoms with E-state index in [1.807, 2.05) is 6.92 Å². The van der Waals surface area contributed by atoms with Gasteiger partial charge in [-0.15, -0.1) is 0 Å². The Labute approximate surface area is 57.7 Å². The van der Waals surface area contributed by atoms with Gasteiger partial charge in [0.15, 0.2) is 0 Å². The molecule has 4 heteroatoms. The summed E-state index contributed by atoms with van der Waals surface area (Å²) in [5.74, 6) is 0. The van der Waals surface area contributed by atoms with Gasteiger partial charge in [0.25, 0.3) is 0 Å². The molecule has 49 valence electrons. The van der Waals surface area contributed by atoms with Gasteiger partial charge in [-0.05, 0) is 0 Å². The van der Waals surface area contributed by atoms with Gasteiger partial charge in [-0.3, -0.25) is 0 Å². The van der Waals surface area contributed by atoms with Gasteiger partial charge in [-0.2, -0.15) is 0 Å². The van der Waals surface area contributed by atoms with Gasteiger partial charge in [-0.1, -0.05) is 0 Å². The van der Waals surface area contributed by atoms with Crippen molar-refractivity contribution in [2.45, 2.75) is 19.8 Å². The molecule has 0 aromatic heterocycles. The van der Waals surface area contributed by atoms with E-state index in [1.54, 1.807) is 0 Å². The number of rotatable bonds is 4. The van der Waals surface area contributed by atoms with Crippen molar-refractivity contribution in [3.8, 4) is 0 Å². The van der Waals surface area contributed by atoms with Crippen LogP contribution in [0, 0.1) is 0 Å². The summed E-state index contributed by atoms with van der Waals surface area (Å²) in [6.07, 6.45) is 1.96. The summed E-state index contributed by atoms with van der Waals surface area (Å²) in [5, 5.41) is 0. The number of hydrogen-bond acceptors (Lipinski definition) is 3. The maximum atomic E-state index is 8.31. The van der Waals surface area contributed by atoms with E-state index in [4.69, 9.17) is 6.89 Å². The Morgan fingerprint density at radius 1 is 1.50 bits per heavy atom. The maximum absolute atomic E-state index is 8.31. The van der Waals surface area contributed by atoms with Gasteiger partial charge >= 0.3 is 57.3 Å². The molecule has 0 bridgehead atoms. The van der Waals surface area contributed by atoms with Crippen LogP contribution in [0.15, 0.2) is 0 Å². The molecule has 0 rings (SSSR count). The van der Waals surface area contributed by atoms with Crippen molar-refractivity contribution in [3.05, 3.63) is 0 Å². The Hall–Kier alpha value is 0.679. The molecule has 3 nitrogen and oxygen atoms in total. The van der Waals surface area contributed by atoms with Gasteiger partial charge in [0.2, 0.25) is 0 Å². The Morgan fingerprint density at radius 3 is 2.50 bits per heavy atom. The molecule has 0 heterocycles. The molecule has 0 aromatic carbocycles. The summed E-state index contributed by atoms with van der Waals surface area (Å²) in [6, 6.07) is 0. The SMILES string of the molecule is CCCC[O][Sn]([OH])[OH]. The van der Waals surface area contributed by atoms with E-state index < -0.39 is 21.0 Å². The van der Waals surface area contributed by atoms with Crippen LogP contribution < -0.4 is 0 Å².